The van der Waals surface area contributed by atoms with Gasteiger partial charge in [0.05, 0.1) is 22.2 Å². The number of carboxylic acids is 2. The number of esters is 1. The van der Waals surface area contributed by atoms with E-state index in [1.165, 1.54) is 46.0 Å². The van der Waals surface area contributed by atoms with E-state index < -0.39 is 29.1 Å². The monoisotopic (exact) mass is 647 g/mol. The van der Waals surface area contributed by atoms with Crippen molar-refractivity contribution in [2.24, 2.45) is 0 Å². The molecule has 0 aromatic heterocycles. The maximum atomic E-state index is 13.4. The zero-order valence-corrected chi connectivity index (χ0v) is 29.0. The lowest BCUT2D eigenvalue weighted by atomic mass is 9.86. The number of carbonyl (C=O) groups is 3. The predicted octanol–water partition coefficient (Wildman–Crippen LogP) is 9.68. The number of rotatable bonds is 11. The fourth-order valence-electron chi connectivity index (χ4n) is 6.24. The summed E-state index contributed by atoms with van der Waals surface area (Å²) in [6.07, 6.45) is 3.46. The predicted molar refractivity (Wildman–Crippen MR) is 192 cm³/mol. The van der Waals surface area contributed by atoms with E-state index in [1.807, 2.05) is 24.3 Å². The summed E-state index contributed by atoms with van der Waals surface area (Å²) in [4.78, 5) is 36.9. The Morgan fingerprint density at radius 3 is 1.88 bits per heavy atom. The van der Waals surface area contributed by atoms with Crippen LogP contribution in [0.1, 0.15) is 102 Å². The van der Waals surface area contributed by atoms with Crippen LogP contribution >= 0.6 is 0 Å². The Bertz CT molecular complexity index is 1840. The van der Waals surface area contributed by atoms with Crippen LogP contribution in [0.2, 0.25) is 0 Å². The van der Waals surface area contributed by atoms with Crippen molar-refractivity contribution < 1.29 is 29.3 Å². The van der Waals surface area contributed by atoms with Gasteiger partial charge in [-0.1, -0.05) is 73.5 Å². The van der Waals surface area contributed by atoms with Gasteiger partial charge in [-0.3, -0.25) is 0 Å². The summed E-state index contributed by atoms with van der Waals surface area (Å²) in [5.74, 6) is -3.42. The zero-order valence-electron chi connectivity index (χ0n) is 29.0. The Morgan fingerprint density at radius 2 is 1.35 bits per heavy atom. The average molecular weight is 648 g/mol. The maximum absolute atomic E-state index is 13.4. The first kappa shape index (κ1) is 35.7. The van der Waals surface area contributed by atoms with Crippen molar-refractivity contribution in [1.82, 2.24) is 0 Å². The Balaban J connectivity index is 1.68. The van der Waals surface area contributed by atoms with Crippen LogP contribution in [0.4, 0.5) is 5.69 Å². The first-order chi connectivity index (χ1) is 22.5. The minimum absolute atomic E-state index is 0.116. The first-order valence-corrected chi connectivity index (χ1v) is 16.1. The van der Waals surface area contributed by atoms with E-state index in [1.54, 1.807) is 26.8 Å². The van der Waals surface area contributed by atoms with E-state index in [2.05, 4.69) is 76.3 Å². The molecule has 0 aliphatic carbocycles. The van der Waals surface area contributed by atoms with Crippen molar-refractivity contribution in [1.29, 1.82) is 0 Å². The summed E-state index contributed by atoms with van der Waals surface area (Å²) in [5, 5.41) is 22.9. The minimum atomic E-state index is -1.40. The average Bonchev–Trinajstić information content (AvgIpc) is 2.99. The van der Waals surface area contributed by atoms with Crippen LogP contribution in [0.3, 0.4) is 0 Å². The third-order valence-electron chi connectivity index (χ3n) is 8.29. The molecule has 0 fully saturated rings. The van der Waals surface area contributed by atoms with Gasteiger partial charge in [-0.05, 0) is 124 Å². The molecular weight excluding hydrogens is 602 g/mol. The summed E-state index contributed by atoms with van der Waals surface area (Å²) in [6.45, 7) is 16.0. The fourth-order valence-corrected chi connectivity index (χ4v) is 6.24. The number of benzene rings is 4. The number of hydrogen-bond acceptors (Lipinski definition) is 5. The van der Waals surface area contributed by atoms with Gasteiger partial charge in [-0.15, -0.1) is 0 Å². The van der Waals surface area contributed by atoms with Gasteiger partial charge in [0, 0.05) is 5.69 Å². The number of carbonyl (C=O) groups excluding carboxylic acids is 1. The van der Waals surface area contributed by atoms with Gasteiger partial charge in [0.15, 0.2) is 0 Å². The minimum Gasteiger partial charge on any atom is -0.478 e. The van der Waals surface area contributed by atoms with Crippen LogP contribution in [0.5, 0.6) is 0 Å². The molecule has 4 aromatic carbocycles. The molecule has 0 radical (unpaired) electrons. The van der Waals surface area contributed by atoms with E-state index in [0.717, 1.165) is 24.1 Å². The first-order valence-electron chi connectivity index (χ1n) is 16.1. The van der Waals surface area contributed by atoms with Gasteiger partial charge in [-0.25, -0.2) is 14.4 Å². The SMILES string of the molecule is CCCC(C)(Nc1ccc(-c2c(C)cc(C)cc2C)cc1)c1ccc(/C=C(\C(=O)OC(C)(C)C)c2ccc(C(=O)O)c(C(=O)O)c2)cc1. The fraction of sp³-hybridized carbons (Fsp3) is 0.293. The molecule has 7 nitrogen and oxygen atoms in total. The van der Waals surface area contributed by atoms with E-state index in [0.29, 0.717) is 5.56 Å². The molecular formula is C41H45NO6. The molecule has 0 heterocycles. The number of aromatic carboxylic acids is 2. The smallest absolute Gasteiger partial charge is 0.339 e. The lowest BCUT2D eigenvalue weighted by Crippen LogP contribution is -2.31. The highest BCUT2D eigenvalue weighted by Crippen LogP contribution is 2.34. The maximum Gasteiger partial charge on any atom is 0.339 e. The molecule has 0 saturated heterocycles. The second kappa shape index (κ2) is 14.3. The van der Waals surface area contributed by atoms with Crippen molar-refractivity contribution >= 4 is 35.2 Å². The third-order valence-corrected chi connectivity index (χ3v) is 8.29. The molecule has 0 bridgehead atoms. The van der Waals surface area contributed by atoms with Gasteiger partial charge in [-0.2, -0.15) is 0 Å². The van der Waals surface area contributed by atoms with E-state index in [4.69, 9.17) is 4.74 Å². The van der Waals surface area contributed by atoms with E-state index in [9.17, 15) is 24.6 Å². The van der Waals surface area contributed by atoms with Crippen molar-refractivity contribution in [3.05, 3.63) is 123 Å². The number of carboxylic acid groups (broad SMARTS) is 2. The molecule has 1 unspecified atom stereocenters. The normalized spacial score (nSPS) is 13.0. The number of hydrogen-bond donors (Lipinski definition) is 3. The molecule has 0 saturated carbocycles. The van der Waals surface area contributed by atoms with Gasteiger partial charge in [0.2, 0.25) is 0 Å². The van der Waals surface area contributed by atoms with Crippen LogP contribution in [0.15, 0.2) is 78.9 Å². The topological polar surface area (TPSA) is 113 Å². The summed E-state index contributed by atoms with van der Waals surface area (Å²) in [6, 6.07) is 24.6. The molecule has 1 atom stereocenters. The second-order valence-electron chi connectivity index (χ2n) is 13.6. The molecule has 4 aromatic rings. The number of anilines is 1. The van der Waals surface area contributed by atoms with E-state index in [-0.39, 0.29) is 22.2 Å². The van der Waals surface area contributed by atoms with Crippen molar-refractivity contribution in [3.63, 3.8) is 0 Å². The summed E-state index contributed by atoms with van der Waals surface area (Å²) < 4.78 is 5.65. The Labute approximate surface area is 283 Å². The second-order valence-corrected chi connectivity index (χ2v) is 13.6. The lowest BCUT2D eigenvalue weighted by Gasteiger charge is -2.33. The molecule has 0 aliphatic heterocycles. The third kappa shape index (κ3) is 8.40. The molecule has 0 spiro atoms. The van der Waals surface area contributed by atoms with Gasteiger partial charge >= 0.3 is 17.9 Å². The van der Waals surface area contributed by atoms with Crippen molar-refractivity contribution in [2.75, 3.05) is 5.32 Å². The quantitative estimate of drug-likeness (QED) is 0.0844. The highest BCUT2D eigenvalue weighted by molar-refractivity contribution is 6.22. The molecule has 0 aliphatic rings. The molecule has 3 N–H and O–H groups in total. The lowest BCUT2D eigenvalue weighted by molar-refractivity contribution is -0.147. The molecule has 48 heavy (non-hydrogen) atoms. The highest BCUT2D eigenvalue weighted by atomic mass is 16.6. The van der Waals surface area contributed by atoms with Crippen LogP contribution in [0, 0.1) is 20.8 Å². The molecule has 4 rings (SSSR count). The van der Waals surface area contributed by atoms with Crippen molar-refractivity contribution in [3.8, 4) is 11.1 Å². The molecule has 250 valence electrons. The number of ether oxygens (including phenoxy) is 1. The van der Waals surface area contributed by atoms with Crippen LogP contribution < -0.4 is 5.32 Å². The summed E-state index contributed by atoms with van der Waals surface area (Å²) >= 11 is 0. The number of nitrogens with one attached hydrogen (secondary N) is 1. The van der Waals surface area contributed by atoms with Crippen LogP contribution in [-0.4, -0.2) is 33.7 Å². The van der Waals surface area contributed by atoms with Gasteiger partial charge in [0.1, 0.15) is 5.60 Å². The zero-order chi connectivity index (χ0) is 35.4. The van der Waals surface area contributed by atoms with Crippen LogP contribution in [0.25, 0.3) is 22.8 Å². The Kier molecular flexibility index (Phi) is 10.6. The van der Waals surface area contributed by atoms with Gasteiger partial charge < -0.3 is 20.3 Å². The largest absolute Gasteiger partial charge is 0.478 e. The highest BCUT2D eigenvalue weighted by Gasteiger charge is 2.27. The summed E-state index contributed by atoms with van der Waals surface area (Å²) in [5.41, 5.74) is 7.37. The molecule has 0 amide bonds. The van der Waals surface area contributed by atoms with E-state index >= 15 is 0 Å². The standard InChI is InChI=1S/C41H45NO6/c1-9-20-41(8,42-32-17-12-29(13-18-32)36-26(3)21-25(2)22-27(36)4)31-15-10-28(11-16-31)23-34(39(47)48-40(5,6)7)30-14-19-33(37(43)44)35(24-30)38(45)46/h10-19,21-24,42H,9,20H2,1-8H3,(H,43,44)(H,45,46)/b34-23-. The molecule has 7 heteroatoms. The number of aryl methyl sites for hydroxylation is 3. The Morgan fingerprint density at radius 1 is 0.771 bits per heavy atom. The van der Waals surface area contributed by atoms with Crippen LogP contribution in [-0.2, 0) is 15.1 Å². The van der Waals surface area contributed by atoms with Gasteiger partial charge in [0.25, 0.3) is 0 Å². The van der Waals surface area contributed by atoms with Crippen molar-refractivity contribution in [2.45, 2.75) is 79.4 Å². The summed E-state index contributed by atoms with van der Waals surface area (Å²) in [7, 11) is 0. The Hall–Kier alpha value is -5.17.